The molecule has 146 valence electrons. The highest BCUT2D eigenvalue weighted by molar-refractivity contribution is 6.06. The number of para-hydroxylation sites is 1. The van der Waals surface area contributed by atoms with Crippen LogP contribution in [0, 0.1) is 10.8 Å². The smallest absolute Gasteiger partial charge is 0.273 e. The summed E-state index contributed by atoms with van der Waals surface area (Å²) >= 11 is 0. The monoisotopic (exact) mass is 372 g/mol. The lowest BCUT2D eigenvalue weighted by molar-refractivity contribution is -0.127. The predicted octanol–water partition coefficient (Wildman–Crippen LogP) is 2.28. The van der Waals surface area contributed by atoms with Crippen LogP contribution in [-0.4, -0.2) is 33.4 Å². The Balaban J connectivity index is 2.43. The molecular weight excluding hydrogens is 344 g/mol. The molecule has 2 aromatic rings. The van der Waals surface area contributed by atoms with E-state index >= 15 is 0 Å². The Morgan fingerprint density at radius 3 is 2.22 bits per heavy atom. The zero-order valence-electron chi connectivity index (χ0n) is 16.8. The second-order valence-electron chi connectivity index (χ2n) is 8.87. The Morgan fingerprint density at radius 2 is 1.70 bits per heavy atom. The second-order valence-corrected chi connectivity index (χ2v) is 8.87. The Labute approximate surface area is 159 Å². The van der Waals surface area contributed by atoms with Crippen LogP contribution in [-0.2, 0) is 16.1 Å². The van der Waals surface area contributed by atoms with Gasteiger partial charge in [-0.25, -0.2) is 0 Å². The van der Waals surface area contributed by atoms with E-state index < -0.39 is 28.7 Å². The van der Waals surface area contributed by atoms with Gasteiger partial charge in [0.25, 0.3) is 5.91 Å². The van der Waals surface area contributed by atoms with Gasteiger partial charge in [0, 0.05) is 10.8 Å². The number of primary amides is 1. The van der Waals surface area contributed by atoms with Crippen molar-refractivity contribution < 1.29 is 14.4 Å². The molecule has 0 spiro atoms. The lowest BCUT2D eigenvalue weighted by atomic mass is 9.86. The molecule has 1 atom stereocenters. The first-order valence-corrected chi connectivity index (χ1v) is 8.91. The third-order valence-corrected chi connectivity index (χ3v) is 4.43. The Hall–Kier alpha value is -2.70. The minimum absolute atomic E-state index is 0.00687. The maximum atomic E-state index is 12.8. The number of nitrogens with one attached hydrogen (secondary N) is 1. The highest BCUT2D eigenvalue weighted by atomic mass is 16.2. The van der Waals surface area contributed by atoms with E-state index in [0.717, 1.165) is 0 Å². The van der Waals surface area contributed by atoms with E-state index in [1.54, 1.807) is 12.1 Å². The summed E-state index contributed by atoms with van der Waals surface area (Å²) in [5, 5.41) is 7.68. The molecule has 0 aliphatic rings. The summed E-state index contributed by atoms with van der Waals surface area (Å²) in [5.74, 6) is -1.10. The Morgan fingerprint density at radius 1 is 1.11 bits per heavy atom. The van der Waals surface area contributed by atoms with Crippen LogP contribution in [0.25, 0.3) is 10.9 Å². The average molecular weight is 372 g/mol. The minimum Gasteiger partial charge on any atom is -0.368 e. The molecule has 0 fully saturated rings. The van der Waals surface area contributed by atoms with Gasteiger partial charge in [0.1, 0.15) is 12.6 Å². The topological polar surface area (TPSA) is 107 Å². The molecule has 1 aromatic carbocycles. The fourth-order valence-electron chi connectivity index (χ4n) is 2.70. The van der Waals surface area contributed by atoms with E-state index in [1.165, 1.54) is 4.68 Å². The highest BCUT2D eigenvalue weighted by Crippen LogP contribution is 2.23. The van der Waals surface area contributed by atoms with Gasteiger partial charge in [0.15, 0.2) is 11.5 Å². The molecule has 0 radical (unpaired) electrons. The van der Waals surface area contributed by atoms with Crippen LogP contribution in [0.4, 0.5) is 0 Å². The maximum Gasteiger partial charge on any atom is 0.273 e. The summed E-state index contributed by atoms with van der Waals surface area (Å²) in [6.45, 7) is 11.1. The minimum atomic E-state index is -0.842. The summed E-state index contributed by atoms with van der Waals surface area (Å²) in [5.41, 5.74) is 5.26. The van der Waals surface area contributed by atoms with E-state index in [-0.39, 0.29) is 18.0 Å². The number of amides is 2. The van der Waals surface area contributed by atoms with Gasteiger partial charge in [-0.15, -0.1) is 0 Å². The van der Waals surface area contributed by atoms with Crippen LogP contribution < -0.4 is 11.1 Å². The largest absolute Gasteiger partial charge is 0.368 e. The number of fused-ring (bicyclic) bond motifs is 1. The summed E-state index contributed by atoms with van der Waals surface area (Å²) in [4.78, 5) is 37.0. The molecule has 27 heavy (non-hydrogen) atoms. The van der Waals surface area contributed by atoms with E-state index in [1.807, 2.05) is 53.7 Å². The summed E-state index contributed by atoms with van der Waals surface area (Å²) in [6.07, 6.45) is 0. The van der Waals surface area contributed by atoms with E-state index in [0.29, 0.717) is 10.9 Å². The lowest BCUT2D eigenvalue weighted by Crippen LogP contribution is -2.52. The highest BCUT2D eigenvalue weighted by Gasteiger charge is 2.32. The van der Waals surface area contributed by atoms with Crippen molar-refractivity contribution in [2.45, 2.75) is 54.1 Å². The Bertz CT molecular complexity index is 885. The number of carbonyl (C=O) groups is 3. The molecular formula is C20H28N4O3. The van der Waals surface area contributed by atoms with Crippen LogP contribution in [0.15, 0.2) is 24.3 Å². The second kappa shape index (κ2) is 7.13. The van der Waals surface area contributed by atoms with Crippen molar-refractivity contribution in [1.82, 2.24) is 15.1 Å². The number of rotatable bonds is 5. The van der Waals surface area contributed by atoms with Gasteiger partial charge in [-0.05, 0) is 11.5 Å². The number of ketones is 1. The fourth-order valence-corrected chi connectivity index (χ4v) is 2.70. The molecule has 0 aliphatic heterocycles. The molecule has 0 aliphatic carbocycles. The third-order valence-electron chi connectivity index (χ3n) is 4.43. The lowest BCUT2D eigenvalue weighted by Gasteiger charge is -2.28. The first-order valence-electron chi connectivity index (χ1n) is 8.91. The molecule has 2 amide bonds. The molecule has 7 nitrogen and oxygen atoms in total. The first-order chi connectivity index (χ1) is 12.3. The van der Waals surface area contributed by atoms with E-state index in [4.69, 9.17) is 5.73 Å². The van der Waals surface area contributed by atoms with Gasteiger partial charge in [-0.1, -0.05) is 59.7 Å². The number of benzene rings is 1. The number of aromatic nitrogens is 2. The summed E-state index contributed by atoms with van der Waals surface area (Å²) < 4.78 is 1.54. The number of Topliss-reactive ketones (excluding diaryl/α,β-unsaturated/α-hetero) is 1. The fraction of sp³-hybridized carbons (Fsp3) is 0.500. The molecule has 3 N–H and O–H groups in total. The quantitative estimate of drug-likeness (QED) is 0.839. The normalized spacial score (nSPS) is 13.4. The van der Waals surface area contributed by atoms with Crippen molar-refractivity contribution in [3.63, 3.8) is 0 Å². The average Bonchev–Trinajstić information content (AvgIpc) is 2.89. The molecule has 0 saturated carbocycles. The number of carbonyl (C=O) groups excluding carboxylic acids is 3. The van der Waals surface area contributed by atoms with Crippen molar-refractivity contribution in [2.75, 3.05) is 0 Å². The van der Waals surface area contributed by atoms with Gasteiger partial charge in [-0.2, -0.15) is 5.10 Å². The molecule has 0 bridgehead atoms. The maximum absolute atomic E-state index is 12.8. The summed E-state index contributed by atoms with van der Waals surface area (Å²) in [6, 6.07) is 6.36. The van der Waals surface area contributed by atoms with Crippen LogP contribution in [0.5, 0.6) is 0 Å². The Kier molecular flexibility index (Phi) is 5.45. The first kappa shape index (κ1) is 20.6. The van der Waals surface area contributed by atoms with E-state index in [2.05, 4.69) is 10.4 Å². The van der Waals surface area contributed by atoms with Crippen LogP contribution in [0.2, 0.25) is 0 Å². The molecule has 1 unspecified atom stereocenters. The number of nitrogens with two attached hydrogens (primary N) is 1. The number of nitrogens with zero attached hydrogens (tertiary/aromatic N) is 2. The molecule has 0 saturated heterocycles. The van der Waals surface area contributed by atoms with Gasteiger partial charge in [0.05, 0.1) is 5.52 Å². The van der Waals surface area contributed by atoms with Crippen LogP contribution in [0.3, 0.4) is 0 Å². The van der Waals surface area contributed by atoms with Gasteiger partial charge in [-0.3, -0.25) is 19.1 Å². The SMILES string of the molecule is CC(C)(C)C(=O)Cn1nc(C(=O)NC(C(N)=O)C(C)(C)C)c2ccccc21. The van der Waals surface area contributed by atoms with Crippen LogP contribution >= 0.6 is 0 Å². The van der Waals surface area contributed by atoms with Crippen molar-refractivity contribution in [3.8, 4) is 0 Å². The van der Waals surface area contributed by atoms with Crippen molar-refractivity contribution in [3.05, 3.63) is 30.0 Å². The van der Waals surface area contributed by atoms with Gasteiger partial charge >= 0.3 is 0 Å². The summed E-state index contributed by atoms with van der Waals surface area (Å²) in [7, 11) is 0. The third kappa shape index (κ3) is 4.53. The van der Waals surface area contributed by atoms with Crippen molar-refractivity contribution in [2.24, 2.45) is 16.6 Å². The number of hydrogen-bond acceptors (Lipinski definition) is 4. The van der Waals surface area contributed by atoms with E-state index in [9.17, 15) is 14.4 Å². The van der Waals surface area contributed by atoms with Gasteiger partial charge in [0.2, 0.25) is 5.91 Å². The zero-order valence-corrected chi connectivity index (χ0v) is 16.8. The number of hydrogen-bond donors (Lipinski definition) is 2. The van der Waals surface area contributed by atoms with Gasteiger partial charge < -0.3 is 11.1 Å². The standard InChI is InChI=1S/C20H28N4O3/c1-19(2,3)14(25)11-24-13-10-8-7-9-12(13)15(23-24)18(27)22-16(17(21)26)20(4,5)6/h7-10,16H,11H2,1-6H3,(H2,21,26)(H,22,27). The van der Waals surface area contributed by atoms with Crippen molar-refractivity contribution in [1.29, 1.82) is 0 Å². The molecule has 7 heteroatoms. The molecule has 1 heterocycles. The zero-order chi connectivity index (χ0) is 20.6. The van der Waals surface area contributed by atoms with Crippen molar-refractivity contribution >= 4 is 28.5 Å². The molecule has 1 aromatic heterocycles. The van der Waals surface area contributed by atoms with Crippen LogP contribution in [0.1, 0.15) is 52.0 Å². The predicted molar refractivity (Wildman–Crippen MR) is 104 cm³/mol. The molecule has 2 rings (SSSR count).